The molecule has 4 nitrogen and oxygen atoms in total. The van der Waals surface area contributed by atoms with E-state index in [9.17, 15) is 4.79 Å². The zero-order valence-corrected chi connectivity index (χ0v) is 8.70. The van der Waals surface area contributed by atoms with Crippen LogP contribution in [0.15, 0.2) is 24.5 Å². The van der Waals surface area contributed by atoms with Crippen LogP contribution in [0.5, 0.6) is 0 Å². The van der Waals surface area contributed by atoms with Gasteiger partial charge in [0.05, 0.1) is 6.54 Å². The van der Waals surface area contributed by atoms with Crippen LogP contribution >= 0.6 is 12.4 Å². The molecule has 0 spiro atoms. The molecule has 14 heavy (non-hydrogen) atoms. The molecule has 0 saturated carbocycles. The highest BCUT2D eigenvalue weighted by Gasteiger charge is 2.03. The highest BCUT2D eigenvalue weighted by atomic mass is 35.5. The number of carboxylic acid groups (broad SMARTS) is 1. The third-order valence-corrected chi connectivity index (χ3v) is 1.61. The molecular formula is C9H13ClN2O2. The Hall–Kier alpha value is -1.13. The van der Waals surface area contributed by atoms with Crippen molar-refractivity contribution in [3.05, 3.63) is 30.1 Å². The summed E-state index contributed by atoms with van der Waals surface area (Å²) in [5, 5.41) is 8.51. The lowest BCUT2D eigenvalue weighted by Gasteiger charge is -2.13. The van der Waals surface area contributed by atoms with Crippen LogP contribution in [0.1, 0.15) is 5.56 Å². The van der Waals surface area contributed by atoms with E-state index < -0.39 is 5.97 Å². The number of hydrogen-bond acceptors (Lipinski definition) is 3. The van der Waals surface area contributed by atoms with Crippen molar-refractivity contribution in [1.29, 1.82) is 0 Å². The number of rotatable bonds is 4. The van der Waals surface area contributed by atoms with Gasteiger partial charge in [0.25, 0.3) is 0 Å². The third-order valence-electron chi connectivity index (χ3n) is 1.61. The first-order valence-electron chi connectivity index (χ1n) is 3.97. The largest absolute Gasteiger partial charge is 0.480 e. The zero-order valence-electron chi connectivity index (χ0n) is 7.88. The molecule has 1 aromatic heterocycles. The number of pyridine rings is 1. The summed E-state index contributed by atoms with van der Waals surface area (Å²) in [6.45, 7) is 0.692. The van der Waals surface area contributed by atoms with Crippen molar-refractivity contribution in [2.75, 3.05) is 13.6 Å². The van der Waals surface area contributed by atoms with E-state index in [0.29, 0.717) is 6.54 Å². The van der Waals surface area contributed by atoms with Gasteiger partial charge in [-0.3, -0.25) is 14.7 Å². The van der Waals surface area contributed by atoms with Crippen LogP contribution in [0, 0.1) is 0 Å². The molecule has 1 rings (SSSR count). The Morgan fingerprint density at radius 2 is 2.07 bits per heavy atom. The van der Waals surface area contributed by atoms with Crippen LogP contribution in [0.25, 0.3) is 0 Å². The van der Waals surface area contributed by atoms with E-state index >= 15 is 0 Å². The molecule has 0 unspecified atom stereocenters. The molecule has 1 aromatic rings. The molecule has 0 radical (unpaired) electrons. The molecule has 0 atom stereocenters. The minimum Gasteiger partial charge on any atom is -0.480 e. The summed E-state index contributed by atoms with van der Waals surface area (Å²) in [5.74, 6) is -0.809. The summed E-state index contributed by atoms with van der Waals surface area (Å²) >= 11 is 0. The number of likely N-dealkylation sites (N-methyl/N-ethyl adjacent to an activating group) is 1. The molecular weight excluding hydrogens is 204 g/mol. The maximum atomic E-state index is 10.3. The fraction of sp³-hybridized carbons (Fsp3) is 0.333. The van der Waals surface area contributed by atoms with Gasteiger partial charge in [0.2, 0.25) is 0 Å². The van der Waals surface area contributed by atoms with Crippen LogP contribution in [0.2, 0.25) is 0 Å². The Balaban J connectivity index is 0.00000169. The van der Waals surface area contributed by atoms with Gasteiger partial charge in [-0.05, 0) is 24.7 Å². The Morgan fingerprint density at radius 1 is 1.50 bits per heavy atom. The summed E-state index contributed by atoms with van der Waals surface area (Å²) in [4.78, 5) is 16.0. The number of halogens is 1. The first-order valence-corrected chi connectivity index (χ1v) is 3.97. The average Bonchev–Trinajstić information content (AvgIpc) is 2.04. The predicted molar refractivity (Wildman–Crippen MR) is 55.5 cm³/mol. The van der Waals surface area contributed by atoms with Crippen molar-refractivity contribution >= 4 is 18.4 Å². The van der Waals surface area contributed by atoms with Gasteiger partial charge in [-0.15, -0.1) is 12.4 Å². The maximum Gasteiger partial charge on any atom is 0.317 e. The normalized spacial score (nSPS) is 9.57. The Morgan fingerprint density at radius 3 is 2.57 bits per heavy atom. The van der Waals surface area contributed by atoms with Gasteiger partial charge < -0.3 is 5.11 Å². The van der Waals surface area contributed by atoms with Crippen molar-refractivity contribution < 1.29 is 9.90 Å². The SMILES string of the molecule is CN(CC(=O)O)Cc1ccncc1.Cl. The molecule has 0 aliphatic carbocycles. The van der Waals surface area contributed by atoms with E-state index in [4.69, 9.17) is 5.11 Å². The summed E-state index contributed by atoms with van der Waals surface area (Å²) in [5.41, 5.74) is 1.07. The second-order valence-electron chi connectivity index (χ2n) is 2.92. The van der Waals surface area contributed by atoms with Gasteiger partial charge in [0.1, 0.15) is 0 Å². The van der Waals surface area contributed by atoms with Crippen molar-refractivity contribution in [2.45, 2.75) is 6.54 Å². The van der Waals surface area contributed by atoms with Gasteiger partial charge in [0.15, 0.2) is 0 Å². The smallest absolute Gasteiger partial charge is 0.317 e. The van der Waals surface area contributed by atoms with Gasteiger partial charge in [-0.2, -0.15) is 0 Å². The van der Waals surface area contributed by atoms with Gasteiger partial charge in [0, 0.05) is 18.9 Å². The lowest BCUT2D eigenvalue weighted by Crippen LogP contribution is -2.25. The minimum absolute atomic E-state index is 0. The number of aromatic nitrogens is 1. The second-order valence-corrected chi connectivity index (χ2v) is 2.92. The summed E-state index contributed by atoms with van der Waals surface area (Å²) < 4.78 is 0. The monoisotopic (exact) mass is 216 g/mol. The lowest BCUT2D eigenvalue weighted by molar-refractivity contribution is -0.138. The van der Waals surface area contributed by atoms with Crippen LogP contribution in [0.4, 0.5) is 0 Å². The first kappa shape index (κ1) is 12.9. The summed E-state index contributed by atoms with van der Waals surface area (Å²) in [7, 11) is 1.77. The number of nitrogens with zero attached hydrogens (tertiary/aromatic N) is 2. The maximum absolute atomic E-state index is 10.3. The van der Waals surface area contributed by atoms with E-state index in [0.717, 1.165) is 5.56 Å². The molecule has 0 aliphatic rings. The lowest BCUT2D eigenvalue weighted by atomic mass is 10.2. The molecule has 0 fully saturated rings. The fourth-order valence-electron chi connectivity index (χ4n) is 1.09. The van der Waals surface area contributed by atoms with Crippen LogP contribution in [-0.4, -0.2) is 34.6 Å². The Kier molecular flexibility index (Phi) is 5.83. The highest BCUT2D eigenvalue weighted by Crippen LogP contribution is 1.99. The first-order chi connectivity index (χ1) is 6.18. The molecule has 5 heteroatoms. The molecule has 78 valence electrons. The third kappa shape index (κ3) is 4.79. The van der Waals surface area contributed by atoms with Gasteiger partial charge >= 0.3 is 5.97 Å². The van der Waals surface area contributed by atoms with E-state index in [1.54, 1.807) is 24.3 Å². The molecule has 1 N–H and O–H groups in total. The predicted octanol–water partition coefficient (Wildman–Crippen LogP) is 1.02. The van der Waals surface area contributed by atoms with Gasteiger partial charge in [-0.25, -0.2) is 0 Å². The van der Waals surface area contributed by atoms with Crippen LogP contribution in [0.3, 0.4) is 0 Å². The second kappa shape index (κ2) is 6.34. The summed E-state index contributed by atoms with van der Waals surface area (Å²) in [6.07, 6.45) is 3.40. The topological polar surface area (TPSA) is 53.4 Å². The zero-order chi connectivity index (χ0) is 9.68. The molecule has 0 saturated heterocycles. The highest BCUT2D eigenvalue weighted by molar-refractivity contribution is 5.85. The molecule has 0 amide bonds. The minimum atomic E-state index is -0.809. The van der Waals surface area contributed by atoms with Crippen molar-refractivity contribution in [3.63, 3.8) is 0 Å². The molecule has 0 aliphatic heterocycles. The molecule has 0 bridgehead atoms. The van der Waals surface area contributed by atoms with Gasteiger partial charge in [-0.1, -0.05) is 0 Å². The number of hydrogen-bond donors (Lipinski definition) is 1. The van der Waals surface area contributed by atoms with Crippen molar-refractivity contribution in [1.82, 2.24) is 9.88 Å². The number of carboxylic acids is 1. The van der Waals surface area contributed by atoms with Crippen LogP contribution in [-0.2, 0) is 11.3 Å². The van der Waals surface area contributed by atoms with E-state index in [1.165, 1.54) is 0 Å². The van der Waals surface area contributed by atoms with Crippen molar-refractivity contribution in [2.24, 2.45) is 0 Å². The number of carbonyl (C=O) groups is 1. The molecule has 0 aromatic carbocycles. The van der Waals surface area contributed by atoms with Crippen LogP contribution < -0.4 is 0 Å². The Bertz CT molecular complexity index is 279. The summed E-state index contributed by atoms with van der Waals surface area (Å²) in [6, 6.07) is 3.75. The van der Waals surface area contributed by atoms with E-state index in [1.807, 2.05) is 12.1 Å². The average molecular weight is 217 g/mol. The quantitative estimate of drug-likeness (QED) is 0.817. The fourth-order valence-corrected chi connectivity index (χ4v) is 1.09. The Labute approximate surface area is 89.0 Å². The number of aliphatic carboxylic acids is 1. The van der Waals surface area contributed by atoms with Crippen molar-refractivity contribution in [3.8, 4) is 0 Å². The molecule has 1 heterocycles. The van der Waals surface area contributed by atoms with E-state index in [-0.39, 0.29) is 19.0 Å². The standard InChI is InChI=1S/C9H12N2O2.ClH/c1-11(7-9(12)13)6-8-2-4-10-5-3-8;/h2-5H,6-7H2,1H3,(H,12,13);1H. The van der Waals surface area contributed by atoms with E-state index in [2.05, 4.69) is 4.98 Å².